The van der Waals surface area contributed by atoms with E-state index in [2.05, 4.69) is 92.3 Å². The van der Waals surface area contributed by atoms with E-state index in [0.29, 0.717) is 10.9 Å². The molecule has 4 rings (SSSR count). The number of benzene rings is 2. The molecule has 2 unspecified atom stereocenters. The van der Waals surface area contributed by atoms with Crippen LogP contribution in [0.1, 0.15) is 58.2 Å². The van der Waals surface area contributed by atoms with Crippen LogP contribution in [0.25, 0.3) is 6.08 Å². The summed E-state index contributed by atoms with van der Waals surface area (Å²) in [6, 6.07) is 12.8. The molecule has 4 nitrogen and oxygen atoms in total. The van der Waals surface area contributed by atoms with Crippen LogP contribution in [-0.2, 0) is 11.2 Å². The molecular formula is C25H32N2O2PS-. The molecule has 0 saturated carbocycles. The molecule has 6 heteroatoms. The van der Waals surface area contributed by atoms with Crippen LogP contribution in [0, 0.1) is 5.21 Å². The second kappa shape index (κ2) is 8.03. The minimum atomic E-state index is -0.630. The number of para-hydroxylation sites is 1. The van der Waals surface area contributed by atoms with Gasteiger partial charge in [-0.3, -0.25) is 0 Å². The Morgan fingerprint density at radius 2 is 1.87 bits per heavy atom. The number of anilines is 2. The normalized spacial score (nSPS) is 20.9. The summed E-state index contributed by atoms with van der Waals surface area (Å²) in [4.78, 5) is 3.25. The van der Waals surface area contributed by atoms with Gasteiger partial charge in [0, 0.05) is 34.3 Å². The zero-order valence-electron chi connectivity index (χ0n) is 19.2. The molecule has 2 aliphatic heterocycles. The van der Waals surface area contributed by atoms with E-state index in [-0.39, 0.29) is 11.5 Å². The van der Waals surface area contributed by atoms with Gasteiger partial charge in [0.1, 0.15) is 5.75 Å². The van der Waals surface area contributed by atoms with E-state index in [1.54, 1.807) is 0 Å². The lowest BCUT2D eigenvalue weighted by Gasteiger charge is -2.49. The van der Waals surface area contributed by atoms with Crippen molar-refractivity contribution in [2.24, 2.45) is 0 Å². The molecule has 2 heterocycles. The molecule has 166 valence electrons. The van der Waals surface area contributed by atoms with Gasteiger partial charge in [-0.2, -0.15) is 11.8 Å². The minimum absolute atomic E-state index is 0.256. The fourth-order valence-electron chi connectivity index (χ4n) is 4.84. The van der Waals surface area contributed by atoms with Gasteiger partial charge in [-0.15, -0.1) is 0 Å². The van der Waals surface area contributed by atoms with Gasteiger partial charge in [-0.05, 0) is 68.9 Å². The molecule has 2 aromatic rings. The standard InChI is InChI=1S/C25H32N2O2PS/c1-16(2)26-22-10-8-7-9-21(22)24(5,6)25(26)12-11-18-13-20(27(28)30)14-19(23(18)29-25)15-31-17(3)4/h7-14,16-17H,15,30H2,1-6H3/q-1. The molecule has 0 N–H and O–H groups in total. The van der Waals surface area contributed by atoms with Crippen LogP contribution in [0.3, 0.4) is 0 Å². The fourth-order valence-corrected chi connectivity index (χ4v) is 5.72. The monoisotopic (exact) mass is 455 g/mol. The highest BCUT2D eigenvalue weighted by Crippen LogP contribution is 2.56. The second-order valence-electron chi connectivity index (χ2n) is 9.45. The maximum atomic E-state index is 12.1. The highest BCUT2D eigenvalue weighted by atomic mass is 32.2. The third-order valence-electron chi connectivity index (χ3n) is 6.36. The summed E-state index contributed by atoms with van der Waals surface area (Å²) in [6.07, 6.45) is 4.33. The van der Waals surface area contributed by atoms with Crippen molar-refractivity contribution in [1.29, 1.82) is 0 Å². The van der Waals surface area contributed by atoms with Gasteiger partial charge >= 0.3 is 0 Å². The summed E-state index contributed by atoms with van der Waals surface area (Å²) in [5, 5.41) is 12.6. The topological polar surface area (TPSA) is 38.8 Å². The Hall–Kier alpha value is -1.68. The summed E-state index contributed by atoms with van der Waals surface area (Å²) < 4.78 is 7.05. The quantitative estimate of drug-likeness (QED) is 0.369. The van der Waals surface area contributed by atoms with Crippen LogP contribution in [0.5, 0.6) is 5.75 Å². The Balaban J connectivity index is 1.88. The van der Waals surface area contributed by atoms with Crippen molar-refractivity contribution in [3.05, 3.63) is 64.4 Å². The van der Waals surface area contributed by atoms with Gasteiger partial charge in [-0.25, -0.2) is 0 Å². The fraction of sp³-hybridized carbons (Fsp3) is 0.440. The van der Waals surface area contributed by atoms with E-state index in [0.717, 1.165) is 27.5 Å². The molecule has 2 atom stereocenters. The summed E-state index contributed by atoms with van der Waals surface area (Å²) in [5.41, 5.74) is 4.28. The predicted molar refractivity (Wildman–Crippen MR) is 138 cm³/mol. The molecule has 31 heavy (non-hydrogen) atoms. The van der Waals surface area contributed by atoms with Crippen molar-refractivity contribution >= 4 is 38.6 Å². The minimum Gasteiger partial charge on any atom is -0.755 e. The smallest absolute Gasteiger partial charge is 0.212 e. The second-order valence-corrected chi connectivity index (χ2v) is 11.5. The molecule has 1 spiro atoms. The maximum Gasteiger partial charge on any atom is 0.212 e. The average Bonchev–Trinajstić information content (AvgIpc) is 2.89. The molecule has 2 aliphatic rings. The zero-order valence-corrected chi connectivity index (χ0v) is 21.1. The van der Waals surface area contributed by atoms with Crippen molar-refractivity contribution in [2.75, 3.05) is 9.73 Å². The number of ether oxygens (including phenoxy) is 1. The van der Waals surface area contributed by atoms with Gasteiger partial charge in [0.15, 0.2) is 0 Å². The number of thioether (sulfide) groups is 1. The Morgan fingerprint density at radius 1 is 1.16 bits per heavy atom. The molecule has 0 aromatic heterocycles. The third kappa shape index (κ3) is 3.55. The van der Waals surface area contributed by atoms with Crippen LogP contribution >= 0.6 is 21.2 Å². The first kappa shape index (κ1) is 22.5. The number of hydrogen-bond acceptors (Lipinski definition) is 5. The van der Waals surface area contributed by atoms with Crippen molar-refractivity contribution in [2.45, 2.75) is 69.7 Å². The largest absolute Gasteiger partial charge is 0.755 e. The molecule has 0 aliphatic carbocycles. The highest BCUT2D eigenvalue weighted by molar-refractivity contribution is 7.99. The molecule has 0 fully saturated rings. The lowest BCUT2D eigenvalue weighted by Crippen LogP contribution is -2.61. The predicted octanol–water partition coefficient (Wildman–Crippen LogP) is 6.73. The van der Waals surface area contributed by atoms with Crippen LogP contribution in [0.4, 0.5) is 11.4 Å². The van der Waals surface area contributed by atoms with E-state index >= 15 is 0 Å². The van der Waals surface area contributed by atoms with Crippen molar-refractivity contribution in [1.82, 2.24) is 0 Å². The van der Waals surface area contributed by atoms with Gasteiger partial charge in [-0.1, -0.05) is 41.4 Å². The molecule has 0 bridgehead atoms. The van der Waals surface area contributed by atoms with Gasteiger partial charge in [0.25, 0.3) is 0 Å². The van der Waals surface area contributed by atoms with Crippen LogP contribution in [0.15, 0.2) is 42.5 Å². The lowest BCUT2D eigenvalue weighted by molar-refractivity contribution is 0.0476. The maximum absolute atomic E-state index is 12.1. The first-order valence-corrected chi connectivity index (χ1v) is 12.4. The lowest BCUT2D eigenvalue weighted by atomic mass is 9.76. The summed E-state index contributed by atoms with van der Waals surface area (Å²) in [5.74, 6) is 1.68. The van der Waals surface area contributed by atoms with Gasteiger partial charge < -0.3 is 19.7 Å². The van der Waals surface area contributed by atoms with Gasteiger partial charge in [0.05, 0.1) is 5.41 Å². The molecule has 2 aromatic carbocycles. The molecule has 0 radical (unpaired) electrons. The van der Waals surface area contributed by atoms with Crippen LogP contribution in [0.2, 0.25) is 0 Å². The number of hydrogen-bond donors (Lipinski definition) is 0. The van der Waals surface area contributed by atoms with E-state index in [9.17, 15) is 5.21 Å². The molecule has 0 saturated heterocycles. The number of nitrogens with zero attached hydrogens (tertiary/aromatic N) is 2. The van der Waals surface area contributed by atoms with E-state index in [4.69, 9.17) is 4.74 Å². The average molecular weight is 456 g/mol. The number of fused-ring (bicyclic) bond motifs is 2. The van der Waals surface area contributed by atoms with Crippen LogP contribution < -0.4 is 14.5 Å². The Bertz CT molecular complexity index is 1020. The molecular weight excluding hydrogens is 423 g/mol. The Morgan fingerprint density at radius 3 is 2.52 bits per heavy atom. The number of rotatable bonds is 5. The highest BCUT2D eigenvalue weighted by Gasteiger charge is 2.59. The van der Waals surface area contributed by atoms with Crippen molar-refractivity contribution in [3.8, 4) is 5.75 Å². The third-order valence-corrected chi connectivity index (χ3v) is 7.80. The summed E-state index contributed by atoms with van der Waals surface area (Å²) >= 11 is 1.86. The Kier molecular flexibility index (Phi) is 5.83. The zero-order chi connectivity index (χ0) is 22.6. The van der Waals surface area contributed by atoms with Crippen molar-refractivity contribution < 1.29 is 4.74 Å². The van der Waals surface area contributed by atoms with Crippen molar-refractivity contribution in [3.63, 3.8) is 0 Å². The SMILES string of the molecule is CC(C)SCc1cc(N([O-])P)cc2c1OC1(C=C2)N(C(C)C)c2ccccc2C1(C)C. The summed E-state index contributed by atoms with van der Waals surface area (Å²) in [6.45, 7) is 13.3. The molecule has 0 amide bonds. The summed E-state index contributed by atoms with van der Waals surface area (Å²) in [7, 11) is 2.22. The van der Waals surface area contributed by atoms with E-state index in [1.165, 1.54) is 11.3 Å². The Labute approximate surface area is 192 Å². The van der Waals surface area contributed by atoms with E-state index < -0.39 is 5.72 Å². The first-order chi connectivity index (χ1) is 14.6. The van der Waals surface area contributed by atoms with E-state index in [1.807, 2.05) is 23.9 Å². The first-order valence-electron chi connectivity index (χ1n) is 10.9. The van der Waals surface area contributed by atoms with Gasteiger partial charge in [0.2, 0.25) is 5.72 Å². The van der Waals surface area contributed by atoms with Crippen LogP contribution in [-0.4, -0.2) is 17.0 Å².